The van der Waals surface area contributed by atoms with Crippen molar-refractivity contribution in [3.05, 3.63) is 32.7 Å². The SMILES string of the molecule is COC(C)n1c(=O)[nH]c2c(c1=O)C(CCCC(F)F)=COO2. The first-order valence-electron chi connectivity index (χ1n) is 6.68. The molecule has 0 saturated carbocycles. The number of nitrogens with one attached hydrogen (secondary N) is 1. The van der Waals surface area contributed by atoms with Crippen molar-refractivity contribution in [1.82, 2.24) is 9.55 Å². The van der Waals surface area contributed by atoms with Gasteiger partial charge < -0.3 is 4.74 Å². The molecule has 9 heteroatoms. The van der Waals surface area contributed by atoms with Gasteiger partial charge in [0.25, 0.3) is 11.4 Å². The van der Waals surface area contributed by atoms with Crippen molar-refractivity contribution in [2.24, 2.45) is 0 Å². The summed E-state index contributed by atoms with van der Waals surface area (Å²) < 4.78 is 30.3. The Balaban J connectivity index is 2.40. The number of hydrogen-bond acceptors (Lipinski definition) is 5. The lowest BCUT2D eigenvalue weighted by Gasteiger charge is -2.19. The van der Waals surface area contributed by atoms with E-state index in [1.807, 2.05) is 0 Å². The smallest absolute Gasteiger partial charge is 0.333 e. The number of aromatic nitrogens is 2. The fourth-order valence-corrected chi connectivity index (χ4v) is 2.13. The van der Waals surface area contributed by atoms with Gasteiger partial charge in [0.2, 0.25) is 6.43 Å². The molecule has 0 bridgehead atoms. The van der Waals surface area contributed by atoms with Crippen LogP contribution in [-0.2, 0) is 9.62 Å². The molecule has 1 aromatic rings. The number of H-pyrrole nitrogens is 1. The van der Waals surface area contributed by atoms with E-state index in [9.17, 15) is 18.4 Å². The van der Waals surface area contributed by atoms with Crippen LogP contribution in [-0.4, -0.2) is 23.1 Å². The largest absolute Gasteiger partial charge is 0.361 e. The van der Waals surface area contributed by atoms with Crippen LogP contribution in [0, 0.1) is 0 Å². The van der Waals surface area contributed by atoms with Gasteiger partial charge in [-0.15, -0.1) is 0 Å². The molecular formula is C13H16F2N2O5. The van der Waals surface area contributed by atoms with Gasteiger partial charge in [-0.05, 0) is 19.8 Å². The minimum absolute atomic E-state index is 0.0871. The van der Waals surface area contributed by atoms with Gasteiger partial charge in [-0.2, -0.15) is 0 Å². The summed E-state index contributed by atoms with van der Waals surface area (Å²) in [6, 6.07) is 0. The summed E-state index contributed by atoms with van der Waals surface area (Å²) in [5.74, 6) is -0.135. The van der Waals surface area contributed by atoms with Crippen molar-refractivity contribution >= 4 is 5.57 Å². The van der Waals surface area contributed by atoms with Gasteiger partial charge in [-0.3, -0.25) is 19.6 Å². The van der Waals surface area contributed by atoms with Crippen LogP contribution in [0.1, 0.15) is 38.0 Å². The summed E-state index contributed by atoms with van der Waals surface area (Å²) in [5.41, 5.74) is -0.862. The number of hydrogen-bond donors (Lipinski definition) is 1. The topological polar surface area (TPSA) is 82.6 Å². The molecule has 7 nitrogen and oxygen atoms in total. The molecule has 0 aromatic carbocycles. The summed E-state index contributed by atoms with van der Waals surface area (Å²) >= 11 is 0. The molecule has 1 N–H and O–H groups in total. The molecule has 2 heterocycles. The van der Waals surface area contributed by atoms with E-state index >= 15 is 0 Å². The third-order valence-electron chi connectivity index (χ3n) is 3.32. The number of methoxy groups -OCH3 is 1. The van der Waals surface area contributed by atoms with Crippen molar-refractivity contribution in [1.29, 1.82) is 0 Å². The standard InChI is InChI=1S/C13H16F2N2O5/c1-7(20-2)17-12(18)10-8(4-3-5-9(14)15)6-21-22-11(10)16-13(17)19/h6-7,9H,3-5H2,1-2H3,(H,16,19). The molecule has 0 fully saturated rings. The second kappa shape index (κ2) is 6.73. The Morgan fingerprint density at radius 1 is 1.41 bits per heavy atom. The number of halogens is 2. The number of fused-ring (bicyclic) bond motifs is 1. The maximum absolute atomic E-state index is 12.5. The highest BCUT2D eigenvalue weighted by molar-refractivity contribution is 5.68. The predicted molar refractivity (Wildman–Crippen MR) is 72.6 cm³/mol. The van der Waals surface area contributed by atoms with Crippen LogP contribution >= 0.6 is 0 Å². The lowest BCUT2D eigenvalue weighted by atomic mass is 10.0. The van der Waals surface area contributed by atoms with Crippen molar-refractivity contribution in [2.45, 2.75) is 38.8 Å². The maximum Gasteiger partial charge on any atom is 0.333 e. The molecule has 1 atom stereocenters. The van der Waals surface area contributed by atoms with E-state index in [0.717, 1.165) is 4.57 Å². The summed E-state index contributed by atoms with van der Waals surface area (Å²) in [5, 5.41) is 0. The van der Waals surface area contributed by atoms with Gasteiger partial charge in [0.1, 0.15) is 18.1 Å². The highest BCUT2D eigenvalue weighted by Gasteiger charge is 2.25. The van der Waals surface area contributed by atoms with E-state index in [0.29, 0.717) is 5.57 Å². The third kappa shape index (κ3) is 3.19. The third-order valence-corrected chi connectivity index (χ3v) is 3.32. The number of aromatic amines is 1. The molecule has 122 valence electrons. The van der Waals surface area contributed by atoms with Gasteiger partial charge in [0.15, 0.2) is 0 Å². The van der Waals surface area contributed by atoms with Crippen molar-refractivity contribution in [2.75, 3.05) is 7.11 Å². The number of rotatable bonds is 6. The van der Waals surface area contributed by atoms with Gasteiger partial charge in [0, 0.05) is 19.1 Å². The maximum atomic E-state index is 12.5. The molecule has 0 aliphatic carbocycles. The lowest BCUT2D eigenvalue weighted by molar-refractivity contribution is -0.156. The first-order chi connectivity index (χ1) is 10.5. The summed E-state index contributed by atoms with van der Waals surface area (Å²) in [4.78, 5) is 36.2. The van der Waals surface area contributed by atoms with Gasteiger partial charge in [-0.25, -0.2) is 18.1 Å². The van der Waals surface area contributed by atoms with Crippen LogP contribution in [0.15, 0.2) is 15.9 Å². The summed E-state index contributed by atoms with van der Waals surface area (Å²) in [6.45, 7) is 1.53. The van der Waals surface area contributed by atoms with Gasteiger partial charge in [-0.1, -0.05) is 0 Å². The van der Waals surface area contributed by atoms with Crippen LogP contribution in [0.25, 0.3) is 5.57 Å². The Labute approximate surface area is 124 Å². The molecule has 2 rings (SSSR count). The van der Waals surface area contributed by atoms with Crippen LogP contribution in [0.4, 0.5) is 8.78 Å². The Morgan fingerprint density at radius 3 is 2.77 bits per heavy atom. The Hall–Kier alpha value is -2.16. The molecule has 0 spiro atoms. The minimum atomic E-state index is -2.42. The normalized spacial score (nSPS) is 14.9. The Morgan fingerprint density at radius 2 is 2.14 bits per heavy atom. The molecule has 1 unspecified atom stereocenters. The summed E-state index contributed by atoms with van der Waals surface area (Å²) in [6.07, 6.45) is -1.95. The van der Waals surface area contributed by atoms with E-state index in [1.54, 1.807) is 0 Å². The average molecular weight is 318 g/mol. The first kappa shape index (κ1) is 16.2. The van der Waals surface area contributed by atoms with E-state index in [1.165, 1.54) is 20.3 Å². The number of ether oxygens (including phenoxy) is 1. The second-order valence-electron chi connectivity index (χ2n) is 4.75. The average Bonchev–Trinajstić information content (AvgIpc) is 2.46. The predicted octanol–water partition coefficient (Wildman–Crippen LogP) is 1.80. The molecule has 0 amide bonds. The van der Waals surface area contributed by atoms with E-state index < -0.39 is 23.9 Å². The van der Waals surface area contributed by atoms with E-state index in [-0.39, 0.29) is 30.7 Å². The highest BCUT2D eigenvalue weighted by Crippen LogP contribution is 2.28. The zero-order valence-electron chi connectivity index (χ0n) is 12.1. The Bertz CT molecular complexity index is 680. The first-order valence-corrected chi connectivity index (χ1v) is 6.68. The molecule has 0 saturated heterocycles. The Kier molecular flexibility index (Phi) is 4.96. The molecule has 1 aliphatic rings. The molecule has 22 heavy (non-hydrogen) atoms. The number of nitrogens with zero attached hydrogens (tertiary/aromatic N) is 1. The van der Waals surface area contributed by atoms with Crippen molar-refractivity contribution in [3.8, 4) is 5.88 Å². The quantitative estimate of drug-likeness (QED) is 0.809. The van der Waals surface area contributed by atoms with Crippen LogP contribution in [0.3, 0.4) is 0 Å². The monoisotopic (exact) mass is 318 g/mol. The molecular weight excluding hydrogens is 302 g/mol. The van der Waals surface area contributed by atoms with E-state index in [2.05, 4.69) is 4.98 Å². The van der Waals surface area contributed by atoms with Gasteiger partial charge in [0.05, 0.1) is 0 Å². The summed E-state index contributed by atoms with van der Waals surface area (Å²) in [7, 11) is 1.36. The zero-order valence-corrected chi connectivity index (χ0v) is 12.1. The second-order valence-corrected chi connectivity index (χ2v) is 4.75. The number of allylic oxidation sites excluding steroid dienone is 1. The van der Waals surface area contributed by atoms with Crippen molar-refractivity contribution in [3.63, 3.8) is 0 Å². The van der Waals surface area contributed by atoms with Crippen LogP contribution in [0.5, 0.6) is 5.88 Å². The minimum Gasteiger partial charge on any atom is -0.361 e. The molecule has 1 aromatic heterocycles. The molecule has 0 radical (unpaired) electrons. The molecule has 1 aliphatic heterocycles. The van der Waals surface area contributed by atoms with Crippen molar-refractivity contribution < 1.29 is 23.3 Å². The van der Waals surface area contributed by atoms with Crippen LogP contribution < -0.4 is 16.1 Å². The van der Waals surface area contributed by atoms with E-state index in [4.69, 9.17) is 14.5 Å². The van der Waals surface area contributed by atoms with Gasteiger partial charge >= 0.3 is 5.69 Å². The number of alkyl halides is 2. The fourth-order valence-electron chi connectivity index (χ4n) is 2.13. The zero-order chi connectivity index (χ0) is 16.3. The highest BCUT2D eigenvalue weighted by atomic mass is 19.3. The van der Waals surface area contributed by atoms with Crippen LogP contribution in [0.2, 0.25) is 0 Å². The lowest BCUT2D eigenvalue weighted by Crippen LogP contribution is -2.40. The fraction of sp³-hybridized carbons (Fsp3) is 0.538.